The van der Waals surface area contributed by atoms with E-state index >= 15 is 0 Å². The molecule has 1 aromatic carbocycles. The zero-order valence-corrected chi connectivity index (χ0v) is 19.0. The Hall–Kier alpha value is -3.94. The molecule has 170 valence electrons. The molecule has 0 fully saturated rings. The van der Waals surface area contributed by atoms with Crippen molar-refractivity contribution in [3.05, 3.63) is 81.2 Å². The van der Waals surface area contributed by atoms with E-state index in [9.17, 15) is 9.59 Å². The second kappa shape index (κ2) is 9.28. The van der Waals surface area contributed by atoms with Gasteiger partial charge in [0.1, 0.15) is 22.5 Å². The van der Waals surface area contributed by atoms with E-state index in [0.717, 1.165) is 23.3 Å². The largest absolute Gasteiger partial charge is 0.497 e. The van der Waals surface area contributed by atoms with Crippen LogP contribution in [0.1, 0.15) is 34.8 Å². The maximum absolute atomic E-state index is 13.2. The Morgan fingerprint density at radius 3 is 2.64 bits per heavy atom. The quantitative estimate of drug-likeness (QED) is 0.427. The standard InChI is InChI=1S/C25H27N5O3/c1-4-13-29-21(26)19(24(31)27-12-11-17-7-9-18(33-3)10-8-17)15-20-23(29)28-22-16(2)6-5-14-30(22)25(20)32/h5-10,14-15,26H,4,11-13H2,1-3H3,(H,27,31). The minimum Gasteiger partial charge on any atom is -0.497 e. The summed E-state index contributed by atoms with van der Waals surface area (Å²) in [7, 11) is 1.62. The summed E-state index contributed by atoms with van der Waals surface area (Å²) in [4.78, 5) is 30.9. The molecule has 4 aromatic rings. The predicted molar refractivity (Wildman–Crippen MR) is 127 cm³/mol. The molecule has 0 aliphatic heterocycles. The number of hydrogen-bond donors (Lipinski definition) is 2. The Labute approximate surface area is 191 Å². The Bertz CT molecular complexity index is 1450. The molecule has 1 amide bonds. The minimum absolute atomic E-state index is 0.0520. The van der Waals surface area contributed by atoms with E-state index in [2.05, 4.69) is 5.32 Å². The average Bonchev–Trinajstić information content (AvgIpc) is 2.82. The van der Waals surface area contributed by atoms with Crippen molar-refractivity contribution in [2.45, 2.75) is 33.2 Å². The third-order valence-corrected chi connectivity index (χ3v) is 5.68. The molecule has 3 heterocycles. The molecule has 2 N–H and O–H groups in total. The number of carbonyl (C=O) groups is 1. The molecule has 4 rings (SSSR count). The van der Waals surface area contributed by atoms with Crippen LogP contribution in [0.3, 0.4) is 0 Å². The van der Waals surface area contributed by atoms with E-state index in [4.69, 9.17) is 15.1 Å². The van der Waals surface area contributed by atoms with Gasteiger partial charge in [-0.15, -0.1) is 0 Å². The number of ether oxygens (including phenoxy) is 1. The SMILES string of the molecule is CCCn1c(=N)c(C(=O)NCCc2ccc(OC)cc2)cc2c(=O)n3cccc(C)c3nc21. The zero-order valence-electron chi connectivity index (χ0n) is 19.0. The lowest BCUT2D eigenvalue weighted by Crippen LogP contribution is -2.35. The third-order valence-electron chi connectivity index (χ3n) is 5.68. The number of methoxy groups -OCH3 is 1. The Morgan fingerprint density at radius 2 is 1.94 bits per heavy atom. The summed E-state index contributed by atoms with van der Waals surface area (Å²) in [6, 6.07) is 12.8. The number of aromatic nitrogens is 3. The van der Waals surface area contributed by atoms with Gasteiger partial charge in [0.15, 0.2) is 0 Å². The summed E-state index contributed by atoms with van der Waals surface area (Å²) in [5.41, 5.74) is 2.87. The lowest BCUT2D eigenvalue weighted by molar-refractivity contribution is 0.0951. The van der Waals surface area contributed by atoms with E-state index in [1.54, 1.807) is 23.9 Å². The third kappa shape index (κ3) is 4.24. The maximum atomic E-state index is 13.2. The van der Waals surface area contributed by atoms with Gasteiger partial charge in [0.25, 0.3) is 11.5 Å². The first kappa shape index (κ1) is 22.3. The highest BCUT2D eigenvalue weighted by Gasteiger charge is 2.17. The number of benzene rings is 1. The second-order valence-electron chi connectivity index (χ2n) is 7.95. The number of nitrogens with zero attached hydrogens (tertiary/aromatic N) is 3. The van der Waals surface area contributed by atoms with Gasteiger partial charge >= 0.3 is 0 Å². The maximum Gasteiger partial charge on any atom is 0.267 e. The number of rotatable bonds is 7. The molecule has 0 aliphatic carbocycles. The van der Waals surface area contributed by atoms with E-state index in [1.165, 1.54) is 10.5 Å². The Morgan fingerprint density at radius 1 is 1.18 bits per heavy atom. The summed E-state index contributed by atoms with van der Waals surface area (Å²) < 4.78 is 8.31. The number of fused-ring (bicyclic) bond motifs is 2. The molecule has 3 aromatic heterocycles. The van der Waals surface area contributed by atoms with Crippen molar-refractivity contribution in [2.24, 2.45) is 0 Å². The average molecular weight is 446 g/mol. The normalized spacial score (nSPS) is 11.1. The van der Waals surface area contributed by atoms with Gasteiger partial charge in [-0.25, -0.2) is 4.98 Å². The van der Waals surface area contributed by atoms with E-state index < -0.39 is 0 Å². The van der Waals surface area contributed by atoms with Crippen LogP contribution in [-0.4, -0.2) is 33.5 Å². The number of pyridine rings is 2. The molecule has 0 aliphatic rings. The Kier molecular flexibility index (Phi) is 6.26. The first-order chi connectivity index (χ1) is 15.9. The van der Waals surface area contributed by atoms with Gasteiger partial charge in [-0.3, -0.25) is 19.4 Å². The predicted octanol–water partition coefficient (Wildman–Crippen LogP) is 2.83. The van der Waals surface area contributed by atoms with Gasteiger partial charge in [0.2, 0.25) is 0 Å². The van der Waals surface area contributed by atoms with Crippen molar-refractivity contribution in [2.75, 3.05) is 13.7 Å². The van der Waals surface area contributed by atoms with Crippen molar-refractivity contribution < 1.29 is 9.53 Å². The zero-order chi connectivity index (χ0) is 23.5. The summed E-state index contributed by atoms with van der Waals surface area (Å²) in [6.45, 7) is 4.77. The summed E-state index contributed by atoms with van der Waals surface area (Å²) in [6.07, 6.45) is 3.05. The van der Waals surface area contributed by atoms with Crippen LogP contribution in [0.25, 0.3) is 16.7 Å². The molecule has 8 nitrogen and oxygen atoms in total. The molecule has 0 unspecified atom stereocenters. The number of amides is 1. The van der Waals surface area contributed by atoms with Crippen LogP contribution >= 0.6 is 0 Å². The smallest absolute Gasteiger partial charge is 0.267 e. The first-order valence-electron chi connectivity index (χ1n) is 11.0. The van der Waals surface area contributed by atoms with Crippen molar-refractivity contribution in [1.82, 2.24) is 19.3 Å². The highest BCUT2D eigenvalue weighted by atomic mass is 16.5. The molecular weight excluding hydrogens is 418 g/mol. The summed E-state index contributed by atoms with van der Waals surface area (Å²) in [5, 5.41) is 11.9. The molecule has 0 saturated heterocycles. The molecule has 0 radical (unpaired) electrons. The van der Waals surface area contributed by atoms with Crippen molar-refractivity contribution in [3.63, 3.8) is 0 Å². The fourth-order valence-corrected chi connectivity index (χ4v) is 3.92. The first-order valence-corrected chi connectivity index (χ1v) is 11.0. The lowest BCUT2D eigenvalue weighted by atomic mass is 10.1. The molecule has 0 spiro atoms. The van der Waals surface area contributed by atoms with E-state index in [0.29, 0.717) is 36.2 Å². The number of carbonyl (C=O) groups excluding carboxylic acids is 1. The van der Waals surface area contributed by atoms with Crippen LogP contribution in [0.2, 0.25) is 0 Å². The highest BCUT2D eigenvalue weighted by Crippen LogP contribution is 2.14. The molecule has 33 heavy (non-hydrogen) atoms. The molecular formula is C25H27N5O3. The molecule has 0 saturated carbocycles. The van der Waals surface area contributed by atoms with Crippen LogP contribution in [0, 0.1) is 12.3 Å². The minimum atomic E-state index is -0.381. The fraction of sp³-hybridized carbons (Fsp3) is 0.280. The van der Waals surface area contributed by atoms with Gasteiger partial charge in [0, 0.05) is 19.3 Å². The molecule has 0 bridgehead atoms. The van der Waals surface area contributed by atoms with E-state index in [1.807, 2.05) is 44.2 Å². The number of hydrogen-bond acceptors (Lipinski definition) is 5. The van der Waals surface area contributed by atoms with Crippen LogP contribution < -0.4 is 21.1 Å². The topological polar surface area (TPSA) is 101 Å². The van der Waals surface area contributed by atoms with Crippen molar-refractivity contribution in [3.8, 4) is 5.75 Å². The lowest BCUT2D eigenvalue weighted by Gasteiger charge is -2.14. The molecule has 0 atom stereocenters. The number of nitrogens with one attached hydrogen (secondary N) is 2. The fourth-order valence-electron chi connectivity index (χ4n) is 3.92. The van der Waals surface area contributed by atoms with E-state index in [-0.39, 0.29) is 22.5 Å². The van der Waals surface area contributed by atoms with Gasteiger partial charge in [-0.05, 0) is 55.2 Å². The molecule has 8 heteroatoms. The van der Waals surface area contributed by atoms with Crippen molar-refractivity contribution in [1.29, 1.82) is 5.41 Å². The monoisotopic (exact) mass is 445 g/mol. The second-order valence-corrected chi connectivity index (χ2v) is 7.95. The van der Waals surface area contributed by atoms with Crippen molar-refractivity contribution >= 4 is 22.6 Å². The number of aryl methyl sites for hydroxylation is 2. The Balaban J connectivity index is 1.70. The van der Waals surface area contributed by atoms with Gasteiger partial charge < -0.3 is 14.6 Å². The van der Waals surface area contributed by atoms with Gasteiger partial charge in [0.05, 0.1) is 18.1 Å². The van der Waals surface area contributed by atoms with Crippen LogP contribution in [0.15, 0.2) is 53.5 Å². The van der Waals surface area contributed by atoms with Gasteiger partial charge in [-0.1, -0.05) is 25.1 Å². The highest BCUT2D eigenvalue weighted by molar-refractivity contribution is 5.96. The summed E-state index contributed by atoms with van der Waals surface area (Å²) >= 11 is 0. The van der Waals surface area contributed by atoms with Crippen LogP contribution in [0.4, 0.5) is 0 Å². The summed E-state index contributed by atoms with van der Waals surface area (Å²) in [5.74, 6) is 0.398. The van der Waals surface area contributed by atoms with Crippen LogP contribution in [-0.2, 0) is 13.0 Å². The van der Waals surface area contributed by atoms with Gasteiger partial charge in [-0.2, -0.15) is 0 Å². The van der Waals surface area contributed by atoms with Crippen LogP contribution in [0.5, 0.6) is 5.75 Å².